The van der Waals surface area contributed by atoms with E-state index in [0.717, 1.165) is 23.8 Å². The fourth-order valence-electron chi connectivity index (χ4n) is 3.56. The Morgan fingerprint density at radius 3 is 2.53 bits per heavy atom. The summed E-state index contributed by atoms with van der Waals surface area (Å²) < 4.78 is 34.4. The number of sulfone groups is 1. The van der Waals surface area contributed by atoms with Crippen molar-refractivity contribution >= 4 is 21.4 Å². The highest BCUT2D eigenvalue weighted by Crippen LogP contribution is 2.40. The van der Waals surface area contributed by atoms with Crippen LogP contribution in [0.1, 0.15) is 55.4 Å². The summed E-state index contributed by atoms with van der Waals surface area (Å²) in [7, 11) is -3.26. The Morgan fingerprint density at radius 1 is 1.14 bits per heavy atom. The molecule has 2 aromatic carbocycles. The number of halogens is 1. The topological polar surface area (TPSA) is 122 Å². The number of hydrogen-bond acceptors (Lipinski definition) is 8. The van der Waals surface area contributed by atoms with Crippen LogP contribution in [-0.4, -0.2) is 36.4 Å². The Hall–Kier alpha value is -3.35. The van der Waals surface area contributed by atoms with Gasteiger partial charge in [-0.25, -0.2) is 18.4 Å². The van der Waals surface area contributed by atoms with E-state index in [4.69, 9.17) is 21.1 Å². The number of rotatable bonds is 10. The predicted molar refractivity (Wildman–Crippen MR) is 137 cm³/mol. The lowest BCUT2D eigenvalue weighted by Gasteiger charge is -2.27. The van der Waals surface area contributed by atoms with Gasteiger partial charge in [-0.1, -0.05) is 38.4 Å². The van der Waals surface area contributed by atoms with E-state index in [-0.39, 0.29) is 29.7 Å². The van der Waals surface area contributed by atoms with Crippen molar-refractivity contribution in [3.05, 3.63) is 75.8 Å². The molecule has 0 saturated carbocycles. The second kappa shape index (κ2) is 11.1. The van der Waals surface area contributed by atoms with Crippen LogP contribution in [-0.2, 0) is 27.6 Å². The van der Waals surface area contributed by atoms with E-state index in [0.29, 0.717) is 28.6 Å². The predicted octanol–water partition coefficient (Wildman–Crippen LogP) is 4.95. The molecule has 3 aromatic rings. The molecule has 1 heterocycles. The van der Waals surface area contributed by atoms with Crippen LogP contribution < -0.4 is 9.47 Å². The molecule has 10 heteroatoms. The van der Waals surface area contributed by atoms with E-state index < -0.39 is 15.3 Å². The number of ether oxygens (including phenoxy) is 2. The van der Waals surface area contributed by atoms with Crippen molar-refractivity contribution in [3.63, 3.8) is 0 Å². The average Bonchev–Trinajstić information content (AvgIpc) is 2.81. The van der Waals surface area contributed by atoms with Gasteiger partial charge in [0, 0.05) is 17.9 Å². The highest BCUT2D eigenvalue weighted by Gasteiger charge is 2.27. The second-order valence-corrected chi connectivity index (χ2v) is 11.5. The van der Waals surface area contributed by atoms with E-state index in [9.17, 15) is 18.8 Å². The first kappa shape index (κ1) is 27.2. The summed E-state index contributed by atoms with van der Waals surface area (Å²) in [6.07, 6.45) is 3.38. The smallest absolute Gasteiger partial charge is 0.161 e. The molecule has 0 aliphatic heterocycles. The van der Waals surface area contributed by atoms with Crippen LogP contribution >= 0.6 is 11.6 Å². The molecule has 0 saturated heterocycles. The highest BCUT2D eigenvalue weighted by molar-refractivity contribution is 7.89. The fourth-order valence-corrected chi connectivity index (χ4v) is 4.44. The summed E-state index contributed by atoms with van der Waals surface area (Å²) in [5.41, 5.74) is 1.81. The molecule has 3 rings (SSSR count). The lowest BCUT2D eigenvalue weighted by atomic mass is 9.77. The number of benzene rings is 2. The van der Waals surface area contributed by atoms with E-state index >= 15 is 0 Å². The molecular weight excluding hydrogens is 502 g/mol. The lowest BCUT2D eigenvalue weighted by molar-refractivity contribution is 0.284. The number of phenolic OH excluding ortho intramolecular Hbond substituents is 1. The standard InChI is InChI=1S/C26H28ClN3O5S/c1-5-10-34-25-17(14-28)11-19(12-21(25)27)26(2,3)18-6-7-23(22(31)13-18)35-15-20-8-9-29-24(30-20)16-36(4,32)33/h6-9,11-13,31H,5,10,15-16H2,1-4H3. The maximum atomic E-state index is 11.5. The van der Waals surface area contributed by atoms with Crippen molar-refractivity contribution < 1.29 is 23.0 Å². The minimum Gasteiger partial charge on any atom is -0.504 e. The first-order chi connectivity index (χ1) is 16.9. The van der Waals surface area contributed by atoms with Crippen LogP contribution in [0.25, 0.3) is 0 Å². The lowest BCUT2D eigenvalue weighted by Crippen LogP contribution is -2.19. The van der Waals surface area contributed by atoms with Crippen LogP contribution in [0.3, 0.4) is 0 Å². The summed E-state index contributed by atoms with van der Waals surface area (Å²) in [6, 6.07) is 12.4. The van der Waals surface area contributed by atoms with E-state index in [1.54, 1.807) is 30.3 Å². The van der Waals surface area contributed by atoms with Crippen LogP contribution in [0.15, 0.2) is 42.6 Å². The fraction of sp³-hybridized carbons (Fsp3) is 0.346. The van der Waals surface area contributed by atoms with Crippen LogP contribution in [0, 0.1) is 11.3 Å². The zero-order valence-electron chi connectivity index (χ0n) is 20.6. The molecule has 0 fully saturated rings. The van der Waals surface area contributed by atoms with Gasteiger partial charge in [0.1, 0.15) is 24.3 Å². The molecule has 1 aromatic heterocycles. The third kappa shape index (κ3) is 6.65. The summed E-state index contributed by atoms with van der Waals surface area (Å²) in [6.45, 7) is 6.38. The molecule has 190 valence electrons. The van der Waals surface area contributed by atoms with Gasteiger partial charge in [-0.3, -0.25) is 0 Å². The highest BCUT2D eigenvalue weighted by atomic mass is 35.5. The van der Waals surface area contributed by atoms with Gasteiger partial charge < -0.3 is 14.6 Å². The van der Waals surface area contributed by atoms with Gasteiger partial charge in [-0.2, -0.15) is 5.26 Å². The molecule has 0 aliphatic rings. The number of phenols is 1. The zero-order valence-corrected chi connectivity index (χ0v) is 22.2. The molecule has 0 atom stereocenters. The normalized spacial score (nSPS) is 11.7. The van der Waals surface area contributed by atoms with Gasteiger partial charge in [0.2, 0.25) is 0 Å². The van der Waals surface area contributed by atoms with Gasteiger partial charge in [0.05, 0.1) is 22.9 Å². The van der Waals surface area contributed by atoms with Gasteiger partial charge >= 0.3 is 0 Å². The van der Waals surface area contributed by atoms with Crippen molar-refractivity contribution in [2.24, 2.45) is 0 Å². The Labute approximate surface area is 216 Å². The molecule has 0 unspecified atom stereocenters. The molecular formula is C26H28ClN3O5S. The molecule has 36 heavy (non-hydrogen) atoms. The van der Waals surface area contributed by atoms with E-state index in [1.165, 1.54) is 6.20 Å². The van der Waals surface area contributed by atoms with Crippen LogP contribution in [0.2, 0.25) is 5.02 Å². The first-order valence-electron chi connectivity index (χ1n) is 11.3. The average molecular weight is 530 g/mol. The molecule has 8 nitrogen and oxygen atoms in total. The van der Waals surface area contributed by atoms with Gasteiger partial charge in [-0.15, -0.1) is 0 Å². The van der Waals surface area contributed by atoms with E-state index in [1.807, 2.05) is 26.8 Å². The van der Waals surface area contributed by atoms with Crippen molar-refractivity contribution in [2.75, 3.05) is 12.9 Å². The van der Waals surface area contributed by atoms with Crippen molar-refractivity contribution in [1.82, 2.24) is 9.97 Å². The van der Waals surface area contributed by atoms with Crippen molar-refractivity contribution in [1.29, 1.82) is 5.26 Å². The number of aromatic nitrogens is 2. The van der Waals surface area contributed by atoms with Gasteiger partial charge in [0.15, 0.2) is 27.1 Å². The molecule has 0 amide bonds. The van der Waals surface area contributed by atoms with Gasteiger partial charge in [-0.05, 0) is 47.9 Å². The number of aromatic hydroxyl groups is 1. The monoisotopic (exact) mass is 529 g/mol. The van der Waals surface area contributed by atoms with Crippen molar-refractivity contribution in [2.45, 2.75) is 45.0 Å². The molecule has 0 radical (unpaired) electrons. The Bertz CT molecular complexity index is 1400. The Morgan fingerprint density at radius 2 is 1.89 bits per heavy atom. The summed E-state index contributed by atoms with van der Waals surface area (Å²) in [5, 5.41) is 20.6. The van der Waals surface area contributed by atoms with Crippen LogP contribution in [0.5, 0.6) is 17.2 Å². The zero-order chi connectivity index (χ0) is 26.5. The minimum atomic E-state index is -3.26. The second-order valence-electron chi connectivity index (χ2n) is 8.93. The van der Waals surface area contributed by atoms with Gasteiger partial charge in [0.25, 0.3) is 0 Å². The Kier molecular flexibility index (Phi) is 8.43. The maximum absolute atomic E-state index is 11.5. The number of hydrogen-bond donors (Lipinski definition) is 1. The van der Waals surface area contributed by atoms with E-state index in [2.05, 4.69) is 16.0 Å². The number of nitrogens with zero attached hydrogens (tertiary/aromatic N) is 3. The van der Waals surface area contributed by atoms with Crippen molar-refractivity contribution in [3.8, 4) is 23.3 Å². The third-order valence-corrected chi connectivity index (χ3v) is 6.61. The number of nitriles is 1. The summed E-state index contributed by atoms with van der Waals surface area (Å²) in [5.74, 6) is 0.467. The summed E-state index contributed by atoms with van der Waals surface area (Å²) >= 11 is 6.46. The molecule has 0 spiro atoms. The third-order valence-electron chi connectivity index (χ3n) is 5.55. The minimum absolute atomic E-state index is 0.0238. The first-order valence-corrected chi connectivity index (χ1v) is 13.7. The molecule has 1 N–H and O–H groups in total. The maximum Gasteiger partial charge on any atom is 0.161 e. The molecule has 0 bridgehead atoms. The molecule has 0 aliphatic carbocycles. The summed E-state index contributed by atoms with van der Waals surface area (Å²) in [4.78, 5) is 8.17. The van der Waals surface area contributed by atoms with Crippen LogP contribution in [0.4, 0.5) is 0 Å². The quantitative estimate of drug-likeness (QED) is 0.391. The largest absolute Gasteiger partial charge is 0.504 e. The Balaban J connectivity index is 1.81. The SMILES string of the molecule is CCCOc1c(Cl)cc(C(C)(C)c2ccc(OCc3ccnc(CS(C)(=O)=O)n3)c(O)c2)cc1C#N.